The van der Waals surface area contributed by atoms with Crippen LogP contribution in [-0.4, -0.2) is 36.5 Å². The van der Waals surface area contributed by atoms with Gasteiger partial charge in [0, 0.05) is 25.2 Å². The van der Waals surface area contributed by atoms with E-state index in [1.807, 2.05) is 0 Å². The van der Waals surface area contributed by atoms with E-state index in [1.165, 1.54) is 11.1 Å². The fourth-order valence-electron chi connectivity index (χ4n) is 3.62. The molecular formula is C16H23N3O. The molecule has 20 heavy (non-hydrogen) atoms. The Labute approximate surface area is 120 Å². The first-order valence-corrected chi connectivity index (χ1v) is 7.51. The highest BCUT2D eigenvalue weighted by atomic mass is 16.2. The van der Waals surface area contributed by atoms with Gasteiger partial charge in [-0.3, -0.25) is 9.69 Å². The minimum absolute atomic E-state index is 0.156. The highest BCUT2D eigenvalue weighted by molar-refractivity contribution is 5.82. The van der Waals surface area contributed by atoms with Crippen molar-refractivity contribution >= 4 is 5.91 Å². The van der Waals surface area contributed by atoms with Gasteiger partial charge >= 0.3 is 0 Å². The molecule has 108 valence electrons. The fourth-order valence-corrected chi connectivity index (χ4v) is 3.62. The number of nitrogens with zero attached hydrogens (tertiary/aromatic N) is 1. The summed E-state index contributed by atoms with van der Waals surface area (Å²) in [5.74, 6) is 0.377. The van der Waals surface area contributed by atoms with Crippen molar-refractivity contribution in [2.24, 2.45) is 11.7 Å². The number of nitrogens with one attached hydrogen (secondary N) is 1. The van der Waals surface area contributed by atoms with Crippen LogP contribution in [0.4, 0.5) is 0 Å². The third kappa shape index (κ3) is 2.34. The maximum Gasteiger partial charge on any atom is 0.224 e. The smallest absolute Gasteiger partial charge is 0.224 e. The van der Waals surface area contributed by atoms with Crippen molar-refractivity contribution in [3.05, 3.63) is 35.4 Å². The van der Waals surface area contributed by atoms with Crippen LogP contribution < -0.4 is 11.1 Å². The number of benzene rings is 1. The van der Waals surface area contributed by atoms with Gasteiger partial charge in [0.15, 0.2) is 0 Å². The number of rotatable bonds is 3. The average Bonchev–Trinajstić information content (AvgIpc) is 2.84. The summed E-state index contributed by atoms with van der Waals surface area (Å²) in [6.45, 7) is 4.50. The average molecular weight is 273 g/mol. The standard InChI is InChI=1S/C16H23N3O/c1-11-4-6-12(7-5-11)14(9-17)19-8-2-3-13-15(19)10-18-16(13)20/h4-7,13-15H,2-3,8-10,17H2,1H3,(H,18,20). The molecule has 1 amide bonds. The number of carbonyl (C=O) groups is 1. The molecule has 1 aromatic carbocycles. The zero-order valence-corrected chi connectivity index (χ0v) is 12.0. The molecular weight excluding hydrogens is 250 g/mol. The van der Waals surface area contributed by atoms with Crippen molar-refractivity contribution in [3.63, 3.8) is 0 Å². The summed E-state index contributed by atoms with van der Waals surface area (Å²) in [5.41, 5.74) is 8.57. The molecule has 0 aliphatic carbocycles. The van der Waals surface area contributed by atoms with Crippen molar-refractivity contribution in [2.75, 3.05) is 19.6 Å². The monoisotopic (exact) mass is 273 g/mol. The number of piperidine rings is 1. The van der Waals surface area contributed by atoms with E-state index < -0.39 is 0 Å². The second-order valence-electron chi connectivity index (χ2n) is 5.96. The van der Waals surface area contributed by atoms with Crippen LogP contribution in [0.1, 0.15) is 30.0 Å². The Hall–Kier alpha value is -1.39. The first-order valence-electron chi connectivity index (χ1n) is 7.51. The van der Waals surface area contributed by atoms with Crippen LogP contribution in [0.5, 0.6) is 0 Å². The first kappa shape index (κ1) is 13.6. The van der Waals surface area contributed by atoms with Crippen LogP contribution in [-0.2, 0) is 4.79 Å². The highest BCUT2D eigenvalue weighted by Gasteiger charge is 2.42. The third-order valence-electron chi connectivity index (χ3n) is 4.73. The second kappa shape index (κ2) is 5.54. The number of hydrogen-bond donors (Lipinski definition) is 2. The number of aryl methyl sites for hydroxylation is 1. The Kier molecular flexibility index (Phi) is 3.76. The molecule has 0 bridgehead atoms. The number of fused-ring (bicyclic) bond motifs is 1. The fraction of sp³-hybridized carbons (Fsp3) is 0.562. The summed E-state index contributed by atoms with van der Waals surface area (Å²) in [4.78, 5) is 14.3. The molecule has 2 saturated heterocycles. The van der Waals surface area contributed by atoms with Crippen molar-refractivity contribution < 1.29 is 4.79 Å². The van der Waals surface area contributed by atoms with E-state index in [4.69, 9.17) is 5.73 Å². The normalized spacial score (nSPS) is 28.0. The molecule has 0 aromatic heterocycles. The quantitative estimate of drug-likeness (QED) is 0.870. The van der Waals surface area contributed by atoms with Crippen molar-refractivity contribution in [3.8, 4) is 0 Å². The van der Waals surface area contributed by atoms with Crippen molar-refractivity contribution in [1.82, 2.24) is 10.2 Å². The number of hydrogen-bond acceptors (Lipinski definition) is 3. The molecule has 3 unspecified atom stereocenters. The SMILES string of the molecule is Cc1ccc(C(CN)N2CCCC3C(=O)NCC32)cc1. The minimum Gasteiger partial charge on any atom is -0.354 e. The Bertz CT molecular complexity index is 485. The third-order valence-corrected chi connectivity index (χ3v) is 4.73. The topological polar surface area (TPSA) is 58.4 Å². The second-order valence-corrected chi connectivity index (χ2v) is 5.96. The number of nitrogens with two attached hydrogens (primary N) is 1. The Balaban J connectivity index is 1.85. The summed E-state index contributed by atoms with van der Waals surface area (Å²) in [7, 11) is 0. The molecule has 2 aliphatic heterocycles. The van der Waals surface area contributed by atoms with Crippen LogP contribution >= 0.6 is 0 Å². The van der Waals surface area contributed by atoms with Crippen molar-refractivity contribution in [1.29, 1.82) is 0 Å². The van der Waals surface area contributed by atoms with E-state index in [1.54, 1.807) is 0 Å². The van der Waals surface area contributed by atoms with Gasteiger partial charge in [-0.1, -0.05) is 29.8 Å². The number of carbonyl (C=O) groups excluding carboxylic acids is 1. The zero-order chi connectivity index (χ0) is 14.1. The summed E-state index contributed by atoms with van der Waals surface area (Å²) < 4.78 is 0. The van der Waals surface area contributed by atoms with Gasteiger partial charge in [-0.05, 0) is 31.9 Å². The lowest BCUT2D eigenvalue weighted by molar-refractivity contribution is -0.124. The van der Waals surface area contributed by atoms with Crippen molar-refractivity contribution in [2.45, 2.75) is 31.8 Å². The predicted octanol–water partition coefficient (Wildman–Crippen LogP) is 1.21. The molecule has 0 radical (unpaired) electrons. The van der Waals surface area contributed by atoms with Crippen LogP contribution in [0.15, 0.2) is 24.3 Å². The maximum atomic E-state index is 11.9. The lowest BCUT2D eigenvalue weighted by atomic mass is 9.89. The van der Waals surface area contributed by atoms with Gasteiger partial charge in [-0.25, -0.2) is 0 Å². The molecule has 4 heteroatoms. The summed E-state index contributed by atoms with van der Waals surface area (Å²) >= 11 is 0. The first-order chi connectivity index (χ1) is 9.70. The summed E-state index contributed by atoms with van der Waals surface area (Å²) in [6.07, 6.45) is 2.09. The number of likely N-dealkylation sites (tertiary alicyclic amines) is 1. The van der Waals surface area contributed by atoms with E-state index in [-0.39, 0.29) is 17.9 Å². The van der Waals surface area contributed by atoms with E-state index >= 15 is 0 Å². The highest BCUT2D eigenvalue weighted by Crippen LogP contribution is 2.33. The van der Waals surface area contributed by atoms with Gasteiger partial charge in [-0.2, -0.15) is 0 Å². The Morgan fingerprint density at radius 1 is 1.40 bits per heavy atom. The van der Waals surface area contributed by atoms with Crippen LogP contribution in [0.2, 0.25) is 0 Å². The minimum atomic E-state index is 0.156. The van der Waals surface area contributed by atoms with Gasteiger partial charge in [0.05, 0.1) is 5.92 Å². The van der Waals surface area contributed by atoms with Gasteiger partial charge in [0.1, 0.15) is 0 Å². The molecule has 4 nitrogen and oxygen atoms in total. The Morgan fingerprint density at radius 2 is 2.15 bits per heavy atom. The molecule has 3 rings (SSSR count). The molecule has 2 aliphatic rings. The molecule has 3 N–H and O–H groups in total. The lowest BCUT2D eigenvalue weighted by Crippen LogP contribution is -2.49. The van der Waals surface area contributed by atoms with E-state index in [0.717, 1.165) is 25.9 Å². The summed E-state index contributed by atoms with van der Waals surface area (Å²) in [5, 5.41) is 3.01. The van der Waals surface area contributed by atoms with Gasteiger partial charge in [0.2, 0.25) is 5.91 Å². The van der Waals surface area contributed by atoms with E-state index in [2.05, 4.69) is 41.4 Å². The molecule has 1 aromatic rings. The lowest BCUT2D eigenvalue weighted by Gasteiger charge is -2.41. The Morgan fingerprint density at radius 3 is 2.85 bits per heavy atom. The van der Waals surface area contributed by atoms with Gasteiger partial charge in [0.25, 0.3) is 0 Å². The van der Waals surface area contributed by atoms with E-state index in [0.29, 0.717) is 12.6 Å². The predicted molar refractivity (Wildman–Crippen MR) is 79.2 cm³/mol. The molecule has 0 spiro atoms. The maximum absolute atomic E-state index is 11.9. The van der Waals surface area contributed by atoms with E-state index in [9.17, 15) is 4.79 Å². The van der Waals surface area contributed by atoms with Gasteiger partial charge in [-0.15, -0.1) is 0 Å². The molecule has 2 fully saturated rings. The van der Waals surface area contributed by atoms with Crippen LogP contribution in [0.3, 0.4) is 0 Å². The van der Waals surface area contributed by atoms with Crippen LogP contribution in [0, 0.1) is 12.8 Å². The van der Waals surface area contributed by atoms with Crippen LogP contribution in [0.25, 0.3) is 0 Å². The zero-order valence-electron chi connectivity index (χ0n) is 12.0. The van der Waals surface area contributed by atoms with Gasteiger partial charge < -0.3 is 11.1 Å². The molecule has 2 heterocycles. The number of amides is 1. The largest absolute Gasteiger partial charge is 0.354 e. The molecule has 3 atom stereocenters. The molecule has 0 saturated carbocycles. The summed E-state index contributed by atoms with van der Waals surface area (Å²) in [6, 6.07) is 9.14.